The lowest BCUT2D eigenvalue weighted by Crippen LogP contribution is -2.45. The lowest BCUT2D eigenvalue weighted by molar-refractivity contribution is -0.131. The van der Waals surface area contributed by atoms with Crippen LogP contribution in [-0.4, -0.2) is 61.5 Å². The average Bonchev–Trinajstić information content (AvgIpc) is 2.87. The highest BCUT2D eigenvalue weighted by molar-refractivity contribution is 5.78. The molecule has 1 unspecified atom stereocenters. The second-order valence-electron chi connectivity index (χ2n) is 6.10. The maximum atomic E-state index is 12.2. The molecule has 0 aliphatic carbocycles. The van der Waals surface area contributed by atoms with Crippen LogP contribution in [0.4, 0.5) is 0 Å². The zero-order valence-corrected chi connectivity index (χ0v) is 13.1. The van der Waals surface area contributed by atoms with Crippen molar-refractivity contribution in [3.8, 4) is 6.07 Å². The molecule has 0 aromatic rings. The third kappa shape index (κ3) is 6.36. The molecular formula is C15H28N4O. The molecule has 0 spiro atoms. The Morgan fingerprint density at radius 3 is 2.80 bits per heavy atom. The van der Waals surface area contributed by atoms with E-state index in [0.29, 0.717) is 31.5 Å². The second kappa shape index (κ2) is 8.93. The molecule has 1 aliphatic heterocycles. The minimum Gasteiger partial charge on any atom is -0.344 e. The summed E-state index contributed by atoms with van der Waals surface area (Å²) in [7, 11) is 1.78. The van der Waals surface area contributed by atoms with Crippen LogP contribution in [-0.2, 0) is 4.79 Å². The van der Waals surface area contributed by atoms with Crippen LogP contribution in [0.3, 0.4) is 0 Å². The van der Waals surface area contributed by atoms with Crippen LogP contribution >= 0.6 is 0 Å². The molecule has 1 aliphatic rings. The van der Waals surface area contributed by atoms with Crippen molar-refractivity contribution in [2.75, 3.05) is 39.8 Å². The van der Waals surface area contributed by atoms with Crippen molar-refractivity contribution in [1.29, 1.82) is 5.26 Å². The predicted molar refractivity (Wildman–Crippen MR) is 80.2 cm³/mol. The van der Waals surface area contributed by atoms with Crippen molar-refractivity contribution in [2.24, 2.45) is 5.92 Å². The molecule has 1 atom stereocenters. The first-order valence-electron chi connectivity index (χ1n) is 7.59. The van der Waals surface area contributed by atoms with Crippen molar-refractivity contribution in [2.45, 2.75) is 39.2 Å². The number of rotatable bonds is 8. The fourth-order valence-electron chi connectivity index (χ4n) is 2.60. The highest BCUT2D eigenvalue weighted by atomic mass is 16.2. The predicted octanol–water partition coefficient (Wildman–Crippen LogP) is 1.07. The third-order valence-electron chi connectivity index (χ3n) is 3.61. The van der Waals surface area contributed by atoms with Crippen molar-refractivity contribution in [3.05, 3.63) is 0 Å². The fourth-order valence-corrected chi connectivity index (χ4v) is 2.60. The molecule has 0 saturated carbocycles. The summed E-state index contributed by atoms with van der Waals surface area (Å²) in [5, 5.41) is 12.1. The third-order valence-corrected chi connectivity index (χ3v) is 3.61. The van der Waals surface area contributed by atoms with Gasteiger partial charge in [-0.25, -0.2) is 0 Å². The Bertz CT molecular complexity index is 331. The number of nitriles is 1. The van der Waals surface area contributed by atoms with Gasteiger partial charge in [0.05, 0.1) is 19.0 Å². The molecule has 5 nitrogen and oxygen atoms in total. The first-order valence-corrected chi connectivity index (χ1v) is 7.59. The van der Waals surface area contributed by atoms with E-state index in [1.54, 1.807) is 11.9 Å². The second-order valence-corrected chi connectivity index (χ2v) is 6.10. The van der Waals surface area contributed by atoms with E-state index in [0.717, 1.165) is 19.6 Å². The van der Waals surface area contributed by atoms with Crippen LogP contribution in [0.25, 0.3) is 0 Å². The Morgan fingerprint density at radius 1 is 1.50 bits per heavy atom. The van der Waals surface area contributed by atoms with Gasteiger partial charge >= 0.3 is 0 Å². The van der Waals surface area contributed by atoms with E-state index < -0.39 is 0 Å². The molecule has 0 aromatic heterocycles. The number of nitrogens with zero attached hydrogens (tertiary/aromatic N) is 3. The lowest BCUT2D eigenvalue weighted by atomic mass is 10.1. The van der Waals surface area contributed by atoms with Crippen LogP contribution < -0.4 is 5.32 Å². The highest BCUT2D eigenvalue weighted by Crippen LogP contribution is 2.09. The quantitative estimate of drug-likeness (QED) is 0.722. The molecule has 5 heteroatoms. The van der Waals surface area contributed by atoms with Crippen molar-refractivity contribution < 1.29 is 4.79 Å². The average molecular weight is 280 g/mol. The number of nitrogens with one attached hydrogen (secondary N) is 1. The van der Waals surface area contributed by atoms with Gasteiger partial charge in [0.15, 0.2) is 0 Å². The summed E-state index contributed by atoms with van der Waals surface area (Å²) in [6.45, 7) is 8.31. The summed E-state index contributed by atoms with van der Waals surface area (Å²) in [6.07, 6.45) is 2.83. The molecule has 0 bridgehead atoms. The van der Waals surface area contributed by atoms with Crippen LogP contribution in [0.2, 0.25) is 0 Å². The molecule has 1 fully saturated rings. The van der Waals surface area contributed by atoms with E-state index in [1.165, 1.54) is 12.8 Å². The summed E-state index contributed by atoms with van der Waals surface area (Å²) in [4.78, 5) is 16.1. The molecule has 1 heterocycles. The van der Waals surface area contributed by atoms with E-state index in [2.05, 4.69) is 30.1 Å². The van der Waals surface area contributed by atoms with E-state index in [9.17, 15) is 4.79 Å². The summed E-state index contributed by atoms with van der Waals surface area (Å²) >= 11 is 0. The normalized spacial score (nSPS) is 18.5. The number of carbonyl (C=O) groups is 1. The zero-order chi connectivity index (χ0) is 15.0. The van der Waals surface area contributed by atoms with Gasteiger partial charge in [-0.2, -0.15) is 5.26 Å². The first-order chi connectivity index (χ1) is 9.52. The molecule has 1 rings (SSSR count). The van der Waals surface area contributed by atoms with Crippen molar-refractivity contribution >= 4 is 5.91 Å². The maximum absolute atomic E-state index is 12.2. The number of likely N-dealkylation sites (N-methyl/N-ethyl adjacent to an activating group) is 1. The summed E-state index contributed by atoms with van der Waals surface area (Å²) in [6, 6.07) is 2.60. The van der Waals surface area contributed by atoms with E-state index >= 15 is 0 Å². The smallest absolute Gasteiger partial charge is 0.236 e. The standard InChI is InChI=1S/C15H28N4O/c1-13(2)10-19(11-14-6-4-8-17-14)12-15(20)18(3)9-5-7-16/h13-14,17H,4-6,8-12H2,1-3H3. The molecule has 114 valence electrons. The highest BCUT2D eigenvalue weighted by Gasteiger charge is 2.21. The molecule has 1 N–H and O–H groups in total. The monoisotopic (exact) mass is 280 g/mol. The van der Waals surface area contributed by atoms with E-state index in [-0.39, 0.29) is 5.91 Å². The number of hydrogen-bond acceptors (Lipinski definition) is 4. The Morgan fingerprint density at radius 2 is 2.25 bits per heavy atom. The van der Waals surface area contributed by atoms with Gasteiger partial charge in [-0.1, -0.05) is 13.8 Å². The van der Waals surface area contributed by atoms with Gasteiger partial charge in [0, 0.05) is 32.7 Å². The Labute approximate surface area is 122 Å². The van der Waals surface area contributed by atoms with Crippen LogP contribution in [0.1, 0.15) is 33.1 Å². The summed E-state index contributed by atoms with van der Waals surface area (Å²) in [5.74, 6) is 0.660. The van der Waals surface area contributed by atoms with Crippen molar-refractivity contribution in [1.82, 2.24) is 15.1 Å². The van der Waals surface area contributed by atoms with Gasteiger partial charge < -0.3 is 10.2 Å². The molecule has 0 aromatic carbocycles. The van der Waals surface area contributed by atoms with Gasteiger partial charge in [-0.05, 0) is 25.3 Å². The van der Waals surface area contributed by atoms with Gasteiger partial charge in [-0.15, -0.1) is 0 Å². The minimum atomic E-state index is 0.110. The molecule has 20 heavy (non-hydrogen) atoms. The van der Waals surface area contributed by atoms with Gasteiger partial charge in [0.2, 0.25) is 5.91 Å². The SMILES string of the molecule is CC(C)CN(CC(=O)N(C)CCC#N)CC1CCCN1. The molecule has 1 amide bonds. The molecule has 0 radical (unpaired) electrons. The number of hydrogen-bond donors (Lipinski definition) is 1. The van der Waals surface area contributed by atoms with Gasteiger partial charge in [-0.3, -0.25) is 9.69 Å². The number of amides is 1. The summed E-state index contributed by atoms with van der Waals surface area (Å²) < 4.78 is 0. The summed E-state index contributed by atoms with van der Waals surface area (Å²) in [5.41, 5.74) is 0. The van der Waals surface area contributed by atoms with Crippen LogP contribution in [0.5, 0.6) is 0 Å². The Kier molecular flexibility index (Phi) is 7.56. The van der Waals surface area contributed by atoms with E-state index in [4.69, 9.17) is 5.26 Å². The van der Waals surface area contributed by atoms with Gasteiger partial charge in [0.25, 0.3) is 0 Å². The Balaban J connectivity index is 2.45. The topological polar surface area (TPSA) is 59.4 Å². The number of carbonyl (C=O) groups excluding carboxylic acids is 1. The minimum absolute atomic E-state index is 0.110. The van der Waals surface area contributed by atoms with Crippen LogP contribution in [0, 0.1) is 17.2 Å². The fraction of sp³-hybridized carbons (Fsp3) is 0.867. The van der Waals surface area contributed by atoms with E-state index in [1.807, 2.05) is 0 Å². The lowest BCUT2D eigenvalue weighted by Gasteiger charge is -2.28. The maximum Gasteiger partial charge on any atom is 0.236 e. The van der Waals surface area contributed by atoms with Gasteiger partial charge in [0.1, 0.15) is 0 Å². The van der Waals surface area contributed by atoms with Crippen molar-refractivity contribution in [3.63, 3.8) is 0 Å². The van der Waals surface area contributed by atoms with Crippen LogP contribution in [0.15, 0.2) is 0 Å². The largest absolute Gasteiger partial charge is 0.344 e. The first kappa shape index (κ1) is 16.9. The molecular weight excluding hydrogens is 252 g/mol. The zero-order valence-electron chi connectivity index (χ0n) is 13.1. The Hall–Kier alpha value is -1.12. The molecule has 1 saturated heterocycles.